The van der Waals surface area contributed by atoms with Gasteiger partial charge in [-0.2, -0.15) is 0 Å². The van der Waals surface area contributed by atoms with Crippen LogP contribution < -0.4 is 5.32 Å². The van der Waals surface area contributed by atoms with Gasteiger partial charge in [-0.05, 0) is 50.1 Å². The predicted octanol–water partition coefficient (Wildman–Crippen LogP) is 3.91. The van der Waals surface area contributed by atoms with Crippen LogP contribution in [-0.4, -0.2) is 21.2 Å². The number of Topliss-reactive ketones (excluding diaryl/α,β-unsaturated/α-hetero) is 1. The Hall–Kier alpha value is -2.95. The molecule has 0 bridgehead atoms. The third kappa shape index (κ3) is 2.93. The Labute approximate surface area is 145 Å². The van der Waals surface area contributed by atoms with E-state index in [1.807, 2.05) is 25.2 Å². The van der Waals surface area contributed by atoms with Gasteiger partial charge < -0.3 is 9.88 Å². The number of nitrogens with zero attached hydrogens (tertiary/aromatic N) is 2. The number of carbonyl (C=O) groups excluding carboxylic acids is 2. The van der Waals surface area contributed by atoms with E-state index in [0.29, 0.717) is 22.7 Å². The Balaban J connectivity index is 1.61. The quantitative estimate of drug-likeness (QED) is 0.736. The monoisotopic (exact) mass is 333 g/mol. The highest BCUT2D eigenvalue weighted by Crippen LogP contribution is 2.40. The summed E-state index contributed by atoms with van der Waals surface area (Å²) in [6.45, 7) is 1.51. The fourth-order valence-corrected chi connectivity index (χ4v) is 3.09. The third-order valence-corrected chi connectivity index (χ3v) is 4.65. The molecule has 4 rings (SSSR count). The first-order chi connectivity index (χ1) is 12.0. The number of hydrogen-bond donors (Lipinski definition) is 1. The van der Waals surface area contributed by atoms with Crippen LogP contribution in [0.1, 0.15) is 52.2 Å². The third-order valence-electron chi connectivity index (χ3n) is 4.65. The topological polar surface area (TPSA) is 64.0 Å². The molecule has 126 valence electrons. The predicted molar refractivity (Wildman–Crippen MR) is 97.1 cm³/mol. The van der Waals surface area contributed by atoms with Gasteiger partial charge >= 0.3 is 0 Å². The van der Waals surface area contributed by atoms with Gasteiger partial charge in [-0.25, -0.2) is 4.98 Å². The second kappa shape index (κ2) is 5.84. The fraction of sp³-hybridized carbons (Fsp3) is 0.250. The van der Waals surface area contributed by atoms with Gasteiger partial charge in [0.05, 0.1) is 11.0 Å². The zero-order valence-corrected chi connectivity index (χ0v) is 14.2. The number of nitrogens with one attached hydrogen (secondary N) is 1. The molecule has 1 aliphatic rings. The van der Waals surface area contributed by atoms with Gasteiger partial charge in [-0.15, -0.1) is 0 Å². The lowest BCUT2D eigenvalue weighted by Gasteiger charge is -2.07. The van der Waals surface area contributed by atoms with Crippen LogP contribution in [0.3, 0.4) is 0 Å². The fourth-order valence-electron chi connectivity index (χ4n) is 3.09. The SMILES string of the molecule is CC(=O)c1cccc(NC(=O)c2ccc3c(c2)nc(C2CC2)n3C)c1. The number of aromatic nitrogens is 2. The number of anilines is 1. The van der Waals surface area contributed by atoms with Crippen molar-refractivity contribution < 1.29 is 9.59 Å². The average molecular weight is 333 g/mol. The molecule has 25 heavy (non-hydrogen) atoms. The molecular formula is C20H19N3O2. The summed E-state index contributed by atoms with van der Waals surface area (Å²) >= 11 is 0. The summed E-state index contributed by atoms with van der Waals surface area (Å²) < 4.78 is 2.12. The first-order valence-electron chi connectivity index (χ1n) is 8.41. The molecule has 5 nitrogen and oxygen atoms in total. The van der Waals surface area contributed by atoms with Gasteiger partial charge in [-0.1, -0.05) is 12.1 Å². The molecular weight excluding hydrogens is 314 g/mol. The van der Waals surface area contributed by atoms with E-state index in [9.17, 15) is 9.59 Å². The van der Waals surface area contributed by atoms with Crippen molar-refractivity contribution in [2.45, 2.75) is 25.7 Å². The molecule has 0 saturated heterocycles. The molecule has 1 amide bonds. The average Bonchev–Trinajstić information content (AvgIpc) is 3.39. The summed E-state index contributed by atoms with van der Waals surface area (Å²) in [6.07, 6.45) is 2.38. The Bertz CT molecular complexity index is 999. The van der Waals surface area contributed by atoms with Crippen LogP contribution in [-0.2, 0) is 7.05 Å². The van der Waals surface area contributed by atoms with Gasteiger partial charge in [0.1, 0.15) is 5.82 Å². The van der Waals surface area contributed by atoms with Gasteiger partial charge in [0, 0.05) is 29.8 Å². The second-order valence-corrected chi connectivity index (χ2v) is 6.60. The number of aryl methyl sites for hydroxylation is 1. The molecule has 1 heterocycles. The van der Waals surface area contributed by atoms with Crippen molar-refractivity contribution in [2.24, 2.45) is 7.05 Å². The molecule has 1 fully saturated rings. The van der Waals surface area contributed by atoms with Gasteiger partial charge in [0.2, 0.25) is 0 Å². The minimum Gasteiger partial charge on any atom is -0.331 e. The summed E-state index contributed by atoms with van der Waals surface area (Å²) in [5, 5.41) is 2.85. The molecule has 1 N–H and O–H groups in total. The van der Waals surface area contributed by atoms with Crippen LogP contribution in [0.5, 0.6) is 0 Å². The minimum absolute atomic E-state index is 0.0291. The largest absolute Gasteiger partial charge is 0.331 e. The number of hydrogen-bond acceptors (Lipinski definition) is 3. The molecule has 0 spiro atoms. The molecule has 1 aliphatic carbocycles. The summed E-state index contributed by atoms with van der Waals surface area (Å²) in [5.74, 6) is 1.42. The lowest BCUT2D eigenvalue weighted by molar-refractivity contribution is 0.101. The lowest BCUT2D eigenvalue weighted by Crippen LogP contribution is -2.12. The molecule has 0 radical (unpaired) electrons. The molecule has 0 aliphatic heterocycles. The number of carbonyl (C=O) groups is 2. The van der Waals surface area contributed by atoms with Crippen LogP contribution in [0.25, 0.3) is 11.0 Å². The van der Waals surface area contributed by atoms with Crippen LogP contribution >= 0.6 is 0 Å². The number of amides is 1. The van der Waals surface area contributed by atoms with Crippen molar-refractivity contribution >= 4 is 28.4 Å². The van der Waals surface area contributed by atoms with Crippen LogP contribution in [0.4, 0.5) is 5.69 Å². The highest BCUT2D eigenvalue weighted by Gasteiger charge is 2.28. The van der Waals surface area contributed by atoms with E-state index in [4.69, 9.17) is 4.98 Å². The normalized spacial score (nSPS) is 13.8. The Kier molecular flexibility index (Phi) is 3.64. The first kappa shape index (κ1) is 15.6. The van der Waals surface area contributed by atoms with Gasteiger partial charge in [0.15, 0.2) is 5.78 Å². The Morgan fingerprint density at radius 1 is 1.12 bits per heavy atom. The van der Waals surface area contributed by atoms with Gasteiger partial charge in [0.25, 0.3) is 5.91 Å². The molecule has 3 aromatic rings. The van der Waals surface area contributed by atoms with E-state index in [0.717, 1.165) is 16.9 Å². The first-order valence-corrected chi connectivity index (χ1v) is 8.41. The summed E-state index contributed by atoms with van der Waals surface area (Å²) in [6, 6.07) is 12.5. The number of ketones is 1. The number of fused-ring (bicyclic) bond motifs is 1. The van der Waals surface area contributed by atoms with Crippen molar-refractivity contribution in [2.75, 3.05) is 5.32 Å². The van der Waals surface area contributed by atoms with E-state index in [2.05, 4.69) is 9.88 Å². The van der Waals surface area contributed by atoms with E-state index in [1.54, 1.807) is 24.3 Å². The maximum Gasteiger partial charge on any atom is 0.255 e. The van der Waals surface area contributed by atoms with Crippen molar-refractivity contribution in [3.63, 3.8) is 0 Å². The zero-order valence-electron chi connectivity index (χ0n) is 14.2. The maximum absolute atomic E-state index is 12.5. The summed E-state index contributed by atoms with van der Waals surface area (Å²) in [5.41, 5.74) is 3.62. The summed E-state index contributed by atoms with van der Waals surface area (Å²) in [4.78, 5) is 28.7. The van der Waals surface area contributed by atoms with Gasteiger partial charge in [-0.3, -0.25) is 9.59 Å². The number of rotatable bonds is 4. The van der Waals surface area contributed by atoms with Crippen molar-refractivity contribution in [3.8, 4) is 0 Å². The molecule has 0 atom stereocenters. The van der Waals surface area contributed by atoms with Crippen LogP contribution in [0.15, 0.2) is 42.5 Å². The molecule has 0 unspecified atom stereocenters. The maximum atomic E-state index is 12.5. The standard InChI is InChI=1S/C20H19N3O2/c1-12(24)14-4-3-5-16(10-14)21-20(25)15-8-9-18-17(11-15)22-19(23(18)2)13-6-7-13/h3-5,8-11,13H,6-7H2,1-2H3,(H,21,25). The van der Waals surface area contributed by atoms with Crippen LogP contribution in [0.2, 0.25) is 0 Å². The van der Waals surface area contributed by atoms with Crippen molar-refractivity contribution in [1.29, 1.82) is 0 Å². The zero-order chi connectivity index (χ0) is 17.6. The number of benzene rings is 2. The molecule has 1 aromatic heterocycles. The summed E-state index contributed by atoms with van der Waals surface area (Å²) in [7, 11) is 2.02. The highest BCUT2D eigenvalue weighted by atomic mass is 16.1. The van der Waals surface area contributed by atoms with E-state index in [1.165, 1.54) is 19.8 Å². The lowest BCUT2D eigenvalue weighted by atomic mass is 10.1. The number of imidazole rings is 1. The minimum atomic E-state index is -0.207. The Morgan fingerprint density at radius 3 is 2.64 bits per heavy atom. The Morgan fingerprint density at radius 2 is 1.92 bits per heavy atom. The molecule has 5 heteroatoms. The van der Waals surface area contributed by atoms with E-state index < -0.39 is 0 Å². The van der Waals surface area contributed by atoms with Crippen molar-refractivity contribution in [3.05, 3.63) is 59.4 Å². The highest BCUT2D eigenvalue weighted by molar-refractivity contribution is 6.06. The second-order valence-electron chi connectivity index (χ2n) is 6.60. The van der Waals surface area contributed by atoms with E-state index >= 15 is 0 Å². The smallest absolute Gasteiger partial charge is 0.255 e. The van der Waals surface area contributed by atoms with Crippen molar-refractivity contribution in [1.82, 2.24) is 9.55 Å². The molecule has 2 aromatic carbocycles. The molecule has 1 saturated carbocycles. The van der Waals surface area contributed by atoms with E-state index in [-0.39, 0.29) is 11.7 Å². The van der Waals surface area contributed by atoms with Crippen LogP contribution in [0, 0.1) is 0 Å².